The highest BCUT2D eigenvalue weighted by atomic mass is 16.1. The van der Waals surface area contributed by atoms with E-state index in [-0.39, 0.29) is 5.92 Å². The predicted molar refractivity (Wildman–Crippen MR) is 162 cm³/mol. The molecule has 0 aliphatic heterocycles. The number of rotatable bonds is 8. The van der Waals surface area contributed by atoms with Crippen molar-refractivity contribution in [1.29, 1.82) is 0 Å². The number of allylic oxidation sites excluding steroid dienone is 1. The summed E-state index contributed by atoms with van der Waals surface area (Å²) in [6, 6.07) is 13.7. The van der Waals surface area contributed by atoms with Crippen LogP contribution in [-0.4, -0.2) is 5.78 Å². The fourth-order valence-corrected chi connectivity index (χ4v) is 6.80. The lowest BCUT2D eigenvalue weighted by atomic mass is 9.73. The van der Waals surface area contributed by atoms with Crippen LogP contribution in [0, 0.1) is 24.7 Å². The molecule has 2 aromatic rings. The summed E-state index contributed by atoms with van der Waals surface area (Å²) in [6.45, 7) is 12.8. The van der Waals surface area contributed by atoms with E-state index >= 15 is 0 Å². The Labute approximate surface area is 228 Å². The Bertz CT molecular complexity index is 998. The molecule has 1 nitrogen and oxygen atoms in total. The average Bonchev–Trinajstić information content (AvgIpc) is 2.94. The van der Waals surface area contributed by atoms with Gasteiger partial charge < -0.3 is 0 Å². The molecule has 2 aliphatic rings. The van der Waals surface area contributed by atoms with Gasteiger partial charge in [-0.15, -0.1) is 0 Å². The van der Waals surface area contributed by atoms with Gasteiger partial charge in [-0.1, -0.05) is 96.2 Å². The molecule has 0 aromatic heterocycles. The van der Waals surface area contributed by atoms with Gasteiger partial charge in [0.25, 0.3) is 0 Å². The summed E-state index contributed by atoms with van der Waals surface area (Å²) in [5.41, 5.74) is 7.57. The molecule has 202 valence electrons. The lowest BCUT2D eigenvalue weighted by Gasteiger charge is -2.30. The molecule has 0 heterocycles. The summed E-state index contributed by atoms with van der Waals surface area (Å²) in [4.78, 5) is 14.1. The van der Waals surface area contributed by atoms with E-state index in [1.807, 2.05) is 13.8 Å². The predicted octanol–water partition coefficient (Wildman–Crippen LogP) is 10.5. The largest absolute Gasteiger partial charge is 0.294 e. The molecule has 0 N–H and O–H groups in total. The maximum Gasteiger partial charge on any atom is 0.166 e. The molecule has 37 heavy (non-hydrogen) atoms. The van der Waals surface area contributed by atoms with Gasteiger partial charge in [0.1, 0.15) is 0 Å². The Hall–Kier alpha value is -2.15. The minimum Gasteiger partial charge on any atom is -0.294 e. The third-order valence-corrected chi connectivity index (χ3v) is 8.97. The minimum atomic E-state index is 0.0852. The topological polar surface area (TPSA) is 17.1 Å². The normalized spacial score (nSPS) is 21.4. The van der Waals surface area contributed by atoms with Gasteiger partial charge in [0.15, 0.2) is 5.78 Å². The second-order valence-corrected chi connectivity index (χ2v) is 11.5. The second-order valence-electron chi connectivity index (χ2n) is 11.5. The summed E-state index contributed by atoms with van der Waals surface area (Å²) >= 11 is 0. The van der Waals surface area contributed by atoms with Gasteiger partial charge in [-0.3, -0.25) is 4.79 Å². The zero-order chi connectivity index (χ0) is 26.8. The van der Waals surface area contributed by atoms with E-state index in [9.17, 15) is 4.79 Å². The van der Waals surface area contributed by atoms with Crippen LogP contribution in [0.2, 0.25) is 0 Å². The van der Waals surface area contributed by atoms with Crippen molar-refractivity contribution >= 4 is 11.9 Å². The molecule has 0 bridgehead atoms. The first-order valence-electron chi connectivity index (χ1n) is 15.4. The van der Waals surface area contributed by atoms with Crippen molar-refractivity contribution in [3.63, 3.8) is 0 Å². The molecule has 2 aliphatic carbocycles. The molecule has 1 heteroatoms. The van der Waals surface area contributed by atoms with Gasteiger partial charge in [-0.2, -0.15) is 0 Å². The Morgan fingerprint density at radius 1 is 0.946 bits per heavy atom. The summed E-state index contributed by atoms with van der Waals surface area (Å²) in [6.07, 6.45) is 17.8. The fraction of sp³-hybridized carbons (Fsp3) is 0.583. The van der Waals surface area contributed by atoms with Crippen LogP contribution in [0.1, 0.15) is 136 Å². The van der Waals surface area contributed by atoms with Gasteiger partial charge in [-0.25, -0.2) is 0 Å². The molecule has 0 spiro atoms. The quantitative estimate of drug-likeness (QED) is 0.329. The van der Waals surface area contributed by atoms with E-state index in [1.54, 1.807) is 0 Å². The molecule has 2 aromatic carbocycles. The van der Waals surface area contributed by atoms with E-state index in [4.69, 9.17) is 0 Å². The third kappa shape index (κ3) is 7.68. The molecule has 1 unspecified atom stereocenters. The Balaban J connectivity index is 0.00000186. The molecular weight excluding hydrogens is 448 g/mol. The molecule has 0 amide bonds. The first-order chi connectivity index (χ1) is 18.0. The van der Waals surface area contributed by atoms with Crippen molar-refractivity contribution in [3.8, 4) is 0 Å². The van der Waals surface area contributed by atoms with Crippen molar-refractivity contribution < 1.29 is 4.79 Å². The molecule has 0 saturated heterocycles. The van der Waals surface area contributed by atoms with Crippen LogP contribution in [-0.2, 0) is 12.8 Å². The van der Waals surface area contributed by atoms with E-state index < -0.39 is 0 Å². The smallest absolute Gasteiger partial charge is 0.166 e. The first kappa shape index (κ1) is 29.4. The number of hydrogen-bond acceptors (Lipinski definition) is 1. The number of carbonyl (C=O) groups is 1. The van der Waals surface area contributed by atoms with Crippen LogP contribution in [0.25, 0.3) is 6.08 Å². The lowest BCUT2D eigenvalue weighted by Crippen LogP contribution is -2.28. The van der Waals surface area contributed by atoms with Crippen LogP contribution in [0.15, 0.2) is 42.5 Å². The Morgan fingerprint density at radius 3 is 2.19 bits per heavy atom. The van der Waals surface area contributed by atoms with Crippen molar-refractivity contribution in [2.45, 2.75) is 118 Å². The highest BCUT2D eigenvalue weighted by molar-refractivity contribution is 5.99. The van der Waals surface area contributed by atoms with E-state index in [0.29, 0.717) is 11.7 Å². The molecule has 0 radical (unpaired) electrons. The maximum atomic E-state index is 14.1. The summed E-state index contributed by atoms with van der Waals surface area (Å²) < 4.78 is 0. The average molecular weight is 501 g/mol. The third-order valence-electron chi connectivity index (χ3n) is 8.97. The van der Waals surface area contributed by atoms with Crippen molar-refractivity contribution in [3.05, 3.63) is 75.9 Å². The summed E-state index contributed by atoms with van der Waals surface area (Å²) in [7, 11) is 0. The number of Topliss-reactive ketones (excluding diaryl/α,β-unsaturated/α-hetero) is 1. The van der Waals surface area contributed by atoms with E-state index in [1.165, 1.54) is 85.6 Å². The van der Waals surface area contributed by atoms with Crippen LogP contribution in [0.5, 0.6) is 0 Å². The number of carbonyl (C=O) groups excluding carboxylic acids is 1. The lowest BCUT2D eigenvalue weighted by molar-refractivity contribution is 0.0844. The Kier molecular flexibility index (Phi) is 11.7. The monoisotopic (exact) mass is 500 g/mol. The maximum absolute atomic E-state index is 14.1. The van der Waals surface area contributed by atoms with Gasteiger partial charge in [0, 0.05) is 11.5 Å². The zero-order valence-electron chi connectivity index (χ0n) is 24.6. The molecule has 4 rings (SSSR count). The van der Waals surface area contributed by atoms with Crippen LogP contribution in [0.4, 0.5) is 0 Å². The Morgan fingerprint density at radius 2 is 1.59 bits per heavy atom. The molecule has 2 saturated carbocycles. The highest BCUT2D eigenvalue weighted by Crippen LogP contribution is 2.37. The summed E-state index contributed by atoms with van der Waals surface area (Å²) in [5, 5.41) is 0. The first-order valence-corrected chi connectivity index (χ1v) is 15.4. The number of benzene rings is 2. The van der Waals surface area contributed by atoms with Crippen molar-refractivity contribution in [1.82, 2.24) is 0 Å². The second kappa shape index (κ2) is 14.7. The van der Waals surface area contributed by atoms with Gasteiger partial charge in [-0.05, 0) is 110 Å². The molecule has 2 fully saturated rings. The van der Waals surface area contributed by atoms with Crippen molar-refractivity contribution in [2.24, 2.45) is 17.8 Å². The number of hydrogen-bond donors (Lipinski definition) is 0. The number of ketones is 1. The molecule has 1 atom stereocenters. The van der Waals surface area contributed by atoms with E-state index in [2.05, 4.69) is 76.2 Å². The van der Waals surface area contributed by atoms with Crippen LogP contribution in [0.3, 0.4) is 0 Å². The van der Waals surface area contributed by atoms with Gasteiger partial charge in [0.05, 0.1) is 0 Å². The van der Waals surface area contributed by atoms with Crippen molar-refractivity contribution in [2.75, 3.05) is 0 Å². The highest BCUT2D eigenvalue weighted by Gasteiger charge is 2.31. The van der Waals surface area contributed by atoms with Gasteiger partial charge in [0.2, 0.25) is 0 Å². The number of aryl methyl sites for hydroxylation is 1. The van der Waals surface area contributed by atoms with Crippen LogP contribution >= 0.6 is 0 Å². The summed E-state index contributed by atoms with van der Waals surface area (Å²) in [5.74, 6) is 2.56. The van der Waals surface area contributed by atoms with E-state index in [0.717, 1.165) is 30.2 Å². The minimum absolute atomic E-state index is 0.0852. The molecular formula is C36H52O. The van der Waals surface area contributed by atoms with Crippen LogP contribution < -0.4 is 0 Å². The fourth-order valence-electron chi connectivity index (χ4n) is 6.80. The zero-order valence-corrected chi connectivity index (χ0v) is 24.6. The van der Waals surface area contributed by atoms with Gasteiger partial charge >= 0.3 is 0 Å². The standard InChI is InChI=1S/C34H46O.C2H6/c1-5-10-30-23-31(21-25(4)32(30)6-2)34(35)33(29-11-8-7-9-12-29)22-26-15-19-28(20-16-26)27-17-13-24(3)14-18-27;1-2/h5,10,15-16,19-21,23-24,27,29,33H,6-9,11-14,17-18,22H2,1-4H3;1-2H3/b10-5-;. The SMILES string of the molecule is C/C=C\c1cc(C(=O)C(Cc2ccc(C3CCC(C)CC3)cc2)C2CCCCC2)cc(C)c1CC.CC.